The van der Waals surface area contributed by atoms with E-state index in [1.165, 1.54) is 4.31 Å². The van der Waals surface area contributed by atoms with Gasteiger partial charge in [-0.15, -0.1) is 0 Å². The van der Waals surface area contributed by atoms with Crippen LogP contribution in [0.1, 0.15) is 55.3 Å². The number of hydrogen-bond acceptors (Lipinski definition) is 7. The van der Waals surface area contributed by atoms with Crippen LogP contribution in [0.15, 0.2) is 53.4 Å². The molecule has 2 aliphatic carbocycles. The van der Waals surface area contributed by atoms with Gasteiger partial charge in [-0.3, -0.25) is 4.79 Å². The van der Waals surface area contributed by atoms with Gasteiger partial charge >= 0.3 is 5.97 Å². The second-order valence-corrected chi connectivity index (χ2v) is 12.3. The minimum atomic E-state index is -3.46. The fourth-order valence-corrected chi connectivity index (χ4v) is 7.19. The molecular weight excluding hydrogens is 502 g/mol. The highest BCUT2D eigenvalue weighted by Crippen LogP contribution is 2.44. The van der Waals surface area contributed by atoms with Gasteiger partial charge in [0, 0.05) is 30.0 Å². The highest BCUT2D eigenvalue weighted by molar-refractivity contribution is 7.89. The second-order valence-electron chi connectivity index (χ2n) is 10.4. The smallest absolute Gasteiger partial charge is 0.314 e. The molecule has 0 unspecified atom stereocenters. The third-order valence-electron chi connectivity index (χ3n) is 8.06. The summed E-state index contributed by atoms with van der Waals surface area (Å²) in [7, 11) is -3.46. The first-order valence-electron chi connectivity index (χ1n) is 13.2. The van der Waals surface area contributed by atoms with Gasteiger partial charge in [-0.05, 0) is 86.9 Å². The van der Waals surface area contributed by atoms with E-state index in [1.54, 1.807) is 24.3 Å². The molecule has 3 aromatic rings. The van der Waals surface area contributed by atoms with Crippen molar-refractivity contribution in [1.29, 1.82) is 0 Å². The number of carboxylic acid groups (broad SMARTS) is 1. The number of sulfonamides is 1. The minimum Gasteiger partial charge on any atom is -0.481 e. The standard InChI is InChI=1S/C28H31N5O4S/c34-26(35)28(15-4-16-28)19-7-9-20(10-8-19)29-25-23-5-3-6-24(23)31-27(32-25)30-21-11-13-22(14-12-21)38(36,37)33-17-1-2-18-33/h7-14H,1-6,15-18H2,(H,34,35)(H2,29,30,31,32). The van der Waals surface area contributed by atoms with Gasteiger partial charge in [0.25, 0.3) is 0 Å². The predicted octanol–water partition coefficient (Wildman–Crippen LogP) is 4.74. The van der Waals surface area contributed by atoms with E-state index in [1.807, 2.05) is 24.3 Å². The molecule has 1 saturated carbocycles. The number of rotatable bonds is 8. The van der Waals surface area contributed by atoms with Gasteiger partial charge in [-0.1, -0.05) is 18.6 Å². The first-order valence-corrected chi connectivity index (χ1v) is 14.7. The van der Waals surface area contributed by atoms with Crippen molar-refractivity contribution in [3.8, 4) is 0 Å². The van der Waals surface area contributed by atoms with Crippen molar-refractivity contribution in [3.05, 3.63) is 65.4 Å². The molecule has 3 N–H and O–H groups in total. The summed E-state index contributed by atoms with van der Waals surface area (Å²) in [6, 6.07) is 14.3. The van der Waals surface area contributed by atoms with Crippen molar-refractivity contribution >= 4 is 39.1 Å². The van der Waals surface area contributed by atoms with Gasteiger partial charge in [0.05, 0.1) is 16.0 Å². The van der Waals surface area contributed by atoms with E-state index in [0.717, 1.165) is 66.9 Å². The van der Waals surface area contributed by atoms with Crippen LogP contribution in [0.25, 0.3) is 0 Å². The number of nitrogens with zero attached hydrogens (tertiary/aromatic N) is 3. The van der Waals surface area contributed by atoms with E-state index in [9.17, 15) is 18.3 Å². The average molecular weight is 534 g/mol. The van der Waals surface area contributed by atoms with Gasteiger partial charge in [0.2, 0.25) is 16.0 Å². The number of nitrogens with one attached hydrogen (secondary N) is 2. The SMILES string of the molecule is O=C(O)C1(c2ccc(Nc3nc(Nc4ccc(S(=O)(=O)N5CCCC5)cc4)nc4c3CCC4)cc2)CCC1. The normalized spacial score (nSPS) is 18.5. The zero-order valence-electron chi connectivity index (χ0n) is 21.1. The monoisotopic (exact) mass is 533 g/mol. The van der Waals surface area contributed by atoms with E-state index >= 15 is 0 Å². The third-order valence-corrected chi connectivity index (χ3v) is 9.98. The summed E-state index contributed by atoms with van der Waals surface area (Å²) in [6.07, 6.45) is 6.85. The number of fused-ring (bicyclic) bond motifs is 1. The molecule has 0 radical (unpaired) electrons. The van der Waals surface area contributed by atoms with E-state index in [4.69, 9.17) is 9.97 Å². The van der Waals surface area contributed by atoms with Crippen LogP contribution < -0.4 is 10.6 Å². The summed E-state index contributed by atoms with van der Waals surface area (Å²) >= 11 is 0. The number of anilines is 4. The van der Waals surface area contributed by atoms with Crippen LogP contribution in [-0.2, 0) is 33.1 Å². The number of benzene rings is 2. The van der Waals surface area contributed by atoms with Gasteiger partial charge in [-0.2, -0.15) is 9.29 Å². The second kappa shape index (κ2) is 9.67. The maximum Gasteiger partial charge on any atom is 0.314 e. The summed E-state index contributed by atoms with van der Waals surface area (Å²) in [5.41, 5.74) is 3.71. The molecule has 10 heteroatoms. The third kappa shape index (κ3) is 4.41. The van der Waals surface area contributed by atoms with Crippen LogP contribution in [0.4, 0.5) is 23.1 Å². The Kier molecular flexibility index (Phi) is 6.31. The largest absolute Gasteiger partial charge is 0.481 e. The molecule has 3 aliphatic rings. The number of aryl methyl sites for hydroxylation is 1. The Bertz CT molecular complexity index is 1460. The molecule has 1 saturated heterocycles. The Morgan fingerprint density at radius 2 is 1.50 bits per heavy atom. The molecule has 2 aromatic carbocycles. The van der Waals surface area contributed by atoms with E-state index in [-0.39, 0.29) is 4.90 Å². The topological polar surface area (TPSA) is 125 Å². The van der Waals surface area contributed by atoms with E-state index in [2.05, 4.69) is 10.6 Å². The molecule has 0 atom stereocenters. The molecule has 0 amide bonds. The lowest BCUT2D eigenvalue weighted by molar-refractivity contribution is -0.147. The van der Waals surface area contributed by atoms with Crippen molar-refractivity contribution in [1.82, 2.24) is 14.3 Å². The summed E-state index contributed by atoms with van der Waals surface area (Å²) in [6.45, 7) is 1.15. The number of carboxylic acids is 1. The van der Waals surface area contributed by atoms with Crippen LogP contribution in [0.2, 0.25) is 0 Å². The van der Waals surface area contributed by atoms with Gasteiger partial charge in [-0.25, -0.2) is 13.4 Å². The first kappa shape index (κ1) is 24.8. The molecule has 0 bridgehead atoms. The average Bonchev–Trinajstić information content (AvgIpc) is 3.58. The van der Waals surface area contributed by atoms with Crippen LogP contribution in [0, 0.1) is 0 Å². The number of hydrogen-bond donors (Lipinski definition) is 3. The summed E-state index contributed by atoms with van der Waals surface area (Å²) in [5.74, 6) is 0.419. The van der Waals surface area contributed by atoms with Crippen LogP contribution in [-0.4, -0.2) is 46.9 Å². The van der Waals surface area contributed by atoms with Gasteiger partial charge in [0.15, 0.2) is 0 Å². The van der Waals surface area contributed by atoms with Crippen LogP contribution in [0.5, 0.6) is 0 Å². The van der Waals surface area contributed by atoms with Crippen molar-refractivity contribution in [2.75, 3.05) is 23.7 Å². The Labute approximate surface area is 222 Å². The lowest BCUT2D eigenvalue weighted by Gasteiger charge is -2.38. The maximum atomic E-state index is 12.8. The van der Waals surface area contributed by atoms with Crippen molar-refractivity contribution in [3.63, 3.8) is 0 Å². The van der Waals surface area contributed by atoms with Crippen molar-refractivity contribution < 1.29 is 18.3 Å². The summed E-state index contributed by atoms with van der Waals surface area (Å²) in [4.78, 5) is 21.6. The highest BCUT2D eigenvalue weighted by Gasteiger charge is 2.45. The molecule has 38 heavy (non-hydrogen) atoms. The minimum absolute atomic E-state index is 0.289. The lowest BCUT2D eigenvalue weighted by atomic mass is 9.64. The Morgan fingerprint density at radius 3 is 2.13 bits per heavy atom. The van der Waals surface area contributed by atoms with Crippen molar-refractivity contribution in [2.45, 2.75) is 61.7 Å². The molecule has 2 fully saturated rings. The Hall–Kier alpha value is -3.50. The van der Waals surface area contributed by atoms with Gasteiger partial charge in [0.1, 0.15) is 5.82 Å². The number of aliphatic carboxylic acids is 1. The molecule has 198 valence electrons. The van der Waals surface area contributed by atoms with Crippen molar-refractivity contribution in [2.24, 2.45) is 0 Å². The predicted molar refractivity (Wildman–Crippen MR) is 145 cm³/mol. The van der Waals surface area contributed by atoms with Gasteiger partial charge < -0.3 is 15.7 Å². The maximum absolute atomic E-state index is 12.8. The zero-order valence-corrected chi connectivity index (χ0v) is 21.9. The molecule has 2 heterocycles. The molecule has 0 spiro atoms. The van der Waals surface area contributed by atoms with E-state index < -0.39 is 21.4 Å². The fraction of sp³-hybridized carbons (Fsp3) is 0.393. The zero-order chi connectivity index (χ0) is 26.3. The highest BCUT2D eigenvalue weighted by atomic mass is 32.2. The molecular formula is C28H31N5O4S. The van der Waals surface area contributed by atoms with Crippen LogP contribution >= 0.6 is 0 Å². The molecule has 1 aliphatic heterocycles. The quantitative estimate of drug-likeness (QED) is 0.379. The van der Waals surface area contributed by atoms with E-state index in [0.29, 0.717) is 37.6 Å². The Balaban J connectivity index is 1.21. The molecule has 1 aromatic heterocycles. The summed E-state index contributed by atoms with van der Waals surface area (Å²) < 4.78 is 27.2. The number of carbonyl (C=O) groups is 1. The lowest BCUT2D eigenvalue weighted by Crippen LogP contribution is -2.42. The summed E-state index contributed by atoms with van der Waals surface area (Å²) in [5, 5.41) is 16.4. The fourth-order valence-electron chi connectivity index (χ4n) is 5.67. The van der Waals surface area contributed by atoms with Crippen LogP contribution in [0.3, 0.4) is 0 Å². The molecule has 9 nitrogen and oxygen atoms in total. The first-order chi connectivity index (χ1) is 18.3. The molecule has 6 rings (SSSR count). The Morgan fingerprint density at radius 1 is 0.842 bits per heavy atom. The number of aromatic nitrogens is 2.